The number of hydrogen-bond acceptors (Lipinski definition) is 2. The molecule has 0 saturated carbocycles. The van der Waals surface area contributed by atoms with Gasteiger partial charge < -0.3 is 5.73 Å². The molecular formula is C14H13NO2. The maximum atomic E-state index is 11.8. The summed E-state index contributed by atoms with van der Waals surface area (Å²) in [6, 6.07) is 13.4. The second-order valence-corrected chi connectivity index (χ2v) is 3.95. The highest BCUT2D eigenvalue weighted by atomic mass is 16.1. The van der Waals surface area contributed by atoms with E-state index in [1.54, 1.807) is 6.07 Å². The number of hydrogen-bond donors (Lipinski definition) is 1. The van der Waals surface area contributed by atoms with Crippen LogP contribution in [0.25, 0.3) is 10.8 Å². The molecule has 17 heavy (non-hydrogen) atoms. The first-order chi connectivity index (χ1) is 8.16. The van der Waals surface area contributed by atoms with Crippen LogP contribution in [0, 0.1) is 0 Å². The van der Waals surface area contributed by atoms with Gasteiger partial charge in [-0.3, -0.25) is 9.59 Å². The van der Waals surface area contributed by atoms with Gasteiger partial charge in [-0.25, -0.2) is 0 Å². The summed E-state index contributed by atoms with van der Waals surface area (Å²) in [6.45, 7) is 0. The summed E-state index contributed by atoms with van der Waals surface area (Å²) in [5.74, 6) is -0.492. The largest absolute Gasteiger partial charge is 0.370 e. The molecular weight excluding hydrogens is 214 g/mol. The molecule has 0 aliphatic heterocycles. The number of amides is 1. The Labute approximate surface area is 99.2 Å². The third-order valence-corrected chi connectivity index (χ3v) is 2.67. The van der Waals surface area contributed by atoms with E-state index in [-0.39, 0.29) is 18.6 Å². The Morgan fingerprint density at radius 1 is 0.941 bits per heavy atom. The Balaban J connectivity index is 2.24. The van der Waals surface area contributed by atoms with Crippen LogP contribution in [0.1, 0.15) is 23.2 Å². The van der Waals surface area contributed by atoms with Gasteiger partial charge in [-0.05, 0) is 16.8 Å². The standard InChI is InChI=1S/C14H13NO2/c15-14(17)8-7-13(16)12-6-5-10-3-1-2-4-11(10)9-12/h1-6,9H,7-8H2,(H2,15,17). The van der Waals surface area contributed by atoms with E-state index in [1.165, 1.54) is 0 Å². The molecule has 0 atom stereocenters. The normalized spacial score (nSPS) is 10.4. The van der Waals surface area contributed by atoms with Crippen LogP contribution in [0.3, 0.4) is 0 Å². The van der Waals surface area contributed by atoms with Crippen molar-refractivity contribution in [1.29, 1.82) is 0 Å². The topological polar surface area (TPSA) is 60.2 Å². The van der Waals surface area contributed by atoms with E-state index in [1.807, 2.05) is 36.4 Å². The lowest BCUT2D eigenvalue weighted by atomic mass is 10.0. The maximum Gasteiger partial charge on any atom is 0.217 e. The molecule has 0 aliphatic carbocycles. The Kier molecular flexibility index (Phi) is 3.19. The zero-order chi connectivity index (χ0) is 12.3. The van der Waals surface area contributed by atoms with Crippen molar-refractivity contribution in [2.45, 2.75) is 12.8 Å². The molecule has 0 bridgehead atoms. The van der Waals surface area contributed by atoms with Crippen molar-refractivity contribution in [3.63, 3.8) is 0 Å². The predicted octanol–water partition coefficient (Wildman–Crippen LogP) is 2.29. The first-order valence-electron chi connectivity index (χ1n) is 5.47. The number of benzene rings is 2. The summed E-state index contributed by atoms with van der Waals surface area (Å²) in [5.41, 5.74) is 5.65. The highest BCUT2D eigenvalue weighted by molar-refractivity contribution is 6.01. The lowest BCUT2D eigenvalue weighted by molar-refractivity contribution is -0.118. The van der Waals surface area contributed by atoms with Crippen molar-refractivity contribution in [2.75, 3.05) is 0 Å². The van der Waals surface area contributed by atoms with Crippen molar-refractivity contribution in [3.05, 3.63) is 48.0 Å². The summed E-state index contributed by atoms with van der Waals surface area (Å²) >= 11 is 0. The van der Waals surface area contributed by atoms with Gasteiger partial charge in [-0.2, -0.15) is 0 Å². The van der Waals surface area contributed by atoms with Crippen LogP contribution in [0.4, 0.5) is 0 Å². The molecule has 0 heterocycles. The van der Waals surface area contributed by atoms with Gasteiger partial charge in [0.2, 0.25) is 5.91 Å². The number of rotatable bonds is 4. The van der Waals surface area contributed by atoms with E-state index >= 15 is 0 Å². The highest BCUT2D eigenvalue weighted by Crippen LogP contribution is 2.16. The Hall–Kier alpha value is -2.16. The van der Waals surface area contributed by atoms with E-state index in [0.29, 0.717) is 5.56 Å². The monoisotopic (exact) mass is 227 g/mol. The molecule has 3 nitrogen and oxygen atoms in total. The number of fused-ring (bicyclic) bond motifs is 1. The van der Waals surface area contributed by atoms with Crippen LogP contribution in [0.5, 0.6) is 0 Å². The summed E-state index contributed by atoms with van der Waals surface area (Å²) in [5, 5.41) is 2.12. The van der Waals surface area contributed by atoms with Gasteiger partial charge in [0, 0.05) is 18.4 Å². The quantitative estimate of drug-likeness (QED) is 0.814. The van der Waals surface area contributed by atoms with Crippen LogP contribution >= 0.6 is 0 Å². The molecule has 2 rings (SSSR count). The summed E-state index contributed by atoms with van der Waals surface area (Å²) < 4.78 is 0. The zero-order valence-electron chi connectivity index (χ0n) is 9.35. The van der Waals surface area contributed by atoms with Crippen LogP contribution in [0.15, 0.2) is 42.5 Å². The minimum Gasteiger partial charge on any atom is -0.370 e. The van der Waals surface area contributed by atoms with Crippen molar-refractivity contribution < 1.29 is 9.59 Å². The first-order valence-corrected chi connectivity index (χ1v) is 5.47. The van der Waals surface area contributed by atoms with Gasteiger partial charge in [0.1, 0.15) is 0 Å². The minimum atomic E-state index is -0.445. The van der Waals surface area contributed by atoms with E-state index in [4.69, 9.17) is 5.73 Å². The first kappa shape index (κ1) is 11.3. The Morgan fingerprint density at radius 2 is 1.65 bits per heavy atom. The number of ketones is 1. The molecule has 2 N–H and O–H groups in total. The maximum absolute atomic E-state index is 11.8. The minimum absolute atomic E-state index is 0.0467. The van der Waals surface area contributed by atoms with Gasteiger partial charge in [0.05, 0.1) is 0 Å². The van der Waals surface area contributed by atoms with Gasteiger partial charge in [0.25, 0.3) is 0 Å². The lowest BCUT2D eigenvalue weighted by Gasteiger charge is -2.02. The predicted molar refractivity (Wildman–Crippen MR) is 66.7 cm³/mol. The molecule has 2 aromatic carbocycles. The van der Waals surface area contributed by atoms with Crippen LogP contribution in [-0.4, -0.2) is 11.7 Å². The molecule has 0 aliphatic rings. The fourth-order valence-corrected chi connectivity index (χ4v) is 1.74. The number of carbonyl (C=O) groups excluding carboxylic acids is 2. The molecule has 1 amide bonds. The third-order valence-electron chi connectivity index (χ3n) is 2.67. The number of primary amides is 1. The highest BCUT2D eigenvalue weighted by Gasteiger charge is 2.07. The molecule has 3 heteroatoms. The molecule has 2 aromatic rings. The Morgan fingerprint density at radius 3 is 2.35 bits per heavy atom. The van der Waals surface area contributed by atoms with Crippen molar-refractivity contribution in [2.24, 2.45) is 5.73 Å². The fraction of sp³-hybridized carbons (Fsp3) is 0.143. The van der Waals surface area contributed by atoms with Crippen LogP contribution < -0.4 is 5.73 Å². The lowest BCUT2D eigenvalue weighted by Crippen LogP contribution is -2.12. The van der Waals surface area contributed by atoms with E-state index in [9.17, 15) is 9.59 Å². The number of carbonyl (C=O) groups is 2. The zero-order valence-corrected chi connectivity index (χ0v) is 9.35. The SMILES string of the molecule is NC(=O)CCC(=O)c1ccc2ccccc2c1. The van der Waals surface area contributed by atoms with E-state index in [2.05, 4.69) is 0 Å². The Bertz CT molecular complexity index is 575. The summed E-state index contributed by atoms with van der Waals surface area (Å²) in [4.78, 5) is 22.4. The van der Waals surface area contributed by atoms with E-state index < -0.39 is 5.91 Å². The van der Waals surface area contributed by atoms with Gasteiger partial charge >= 0.3 is 0 Å². The van der Waals surface area contributed by atoms with Gasteiger partial charge in [-0.15, -0.1) is 0 Å². The second kappa shape index (κ2) is 4.78. The van der Waals surface area contributed by atoms with E-state index in [0.717, 1.165) is 10.8 Å². The molecule has 0 fully saturated rings. The molecule has 0 aromatic heterocycles. The summed E-state index contributed by atoms with van der Waals surface area (Å²) in [7, 11) is 0. The smallest absolute Gasteiger partial charge is 0.217 e. The number of nitrogens with two attached hydrogens (primary N) is 1. The number of Topliss-reactive ketones (excluding diaryl/α,β-unsaturated/α-hetero) is 1. The average Bonchev–Trinajstić information content (AvgIpc) is 2.35. The molecule has 0 saturated heterocycles. The molecule has 0 spiro atoms. The third kappa shape index (κ3) is 2.69. The van der Waals surface area contributed by atoms with Gasteiger partial charge in [-0.1, -0.05) is 36.4 Å². The van der Waals surface area contributed by atoms with Gasteiger partial charge in [0.15, 0.2) is 5.78 Å². The average molecular weight is 227 g/mol. The van der Waals surface area contributed by atoms with Crippen LogP contribution in [-0.2, 0) is 4.79 Å². The molecule has 0 radical (unpaired) electrons. The van der Waals surface area contributed by atoms with Crippen molar-refractivity contribution in [1.82, 2.24) is 0 Å². The molecule has 0 unspecified atom stereocenters. The van der Waals surface area contributed by atoms with Crippen LogP contribution in [0.2, 0.25) is 0 Å². The molecule has 86 valence electrons. The fourth-order valence-electron chi connectivity index (χ4n) is 1.74. The second-order valence-electron chi connectivity index (χ2n) is 3.95. The van der Waals surface area contributed by atoms with Crippen molar-refractivity contribution >= 4 is 22.5 Å². The summed E-state index contributed by atoms with van der Waals surface area (Å²) in [6.07, 6.45) is 0.277. The van der Waals surface area contributed by atoms with Crippen molar-refractivity contribution in [3.8, 4) is 0 Å².